The molecule has 0 heterocycles. The Kier molecular flexibility index (Phi) is 31.4. The van der Waals surface area contributed by atoms with Crippen molar-refractivity contribution in [3.05, 3.63) is 20.2 Å². The second-order valence-electron chi connectivity index (χ2n) is 0.557. The first-order chi connectivity index (χ1) is 4.83. The van der Waals surface area contributed by atoms with Crippen LogP contribution in [0, 0.1) is 20.2 Å². The summed E-state index contributed by atoms with van der Waals surface area (Å²) in [6, 6.07) is 0. The van der Waals surface area contributed by atoms with Crippen LogP contribution < -0.4 is 0 Å². The fourth-order valence-electron chi connectivity index (χ4n) is 0. The van der Waals surface area contributed by atoms with Gasteiger partial charge in [0.2, 0.25) is 0 Å². The Morgan fingerprint density at radius 1 is 1.00 bits per heavy atom. The Balaban J connectivity index is -0.0000000162. The first-order valence-electron chi connectivity index (χ1n) is 1.40. The molecule has 0 amide bonds. The molecule has 0 aliphatic carbocycles. The van der Waals surface area contributed by atoms with Gasteiger partial charge in [-0.05, 0) is 0 Å². The van der Waals surface area contributed by atoms with Crippen LogP contribution in [0.2, 0.25) is 0 Å². The second-order valence-corrected chi connectivity index (χ2v) is 1.37. The van der Waals surface area contributed by atoms with Crippen LogP contribution in [0.3, 0.4) is 0 Å². The molecule has 12 heavy (non-hydrogen) atoms. The van der Waals surface area contributed by atoms with Gasteiger partial charge in [0.05, 0.1) is 0 Å². The van der Waals surface area contributed by atoms with E-state index < -0.39 is 10.4 Å². The van der Waals surface area contributed by atoms with E-state index in [-0.39, 0.29) is 23.9 Å². The van der Waals surface area contributed by atoms with E-state index in [1.165, 1.54) is 0 Å². The molecule has 0 radical (unpaired) electrons. The van der Waals surface area contributed by atoms with Gasteiger partial charge in [-0.25, -0.2) is 0 Å². The monoisotopic (exact) mass is 385 g/mol. The van der Waals surface area contributed by atoms with Crippen molar-refractivity contribution in [3.8, 4) is 0 Å². The molecule has 10 nitrogen and oxygen atoms in total. The van der Waals surface area contributed by atoms with Crippen molar-refractivity contribution in [3.63, 3.8) is 0 Å². The standard InChI is InChI=1S/2HNO2.H2O4S.Pt/c2*2-1-3;1-5(2,3)4;/h2*(H,2,3);(H2,1,2,3,4);/q;;;+2/p-2. The van der Waals surface area contributed by atoms with Crippen molar-refractivity contribution in [1.82, 2.24) is 0 Å². The fourth-order valence-corrected chi connectivity index (χ4v) is 0. The summed E-state index contributed by atoms with van der Waals surface area (Å²) in [4.78, 5) is 16.0. The van der Waals surface area contributed by atoms with Gasteiger partial charge < -0.3 is 29.3 Å². The zero-order valence-electron chi connectivity index (χ0n) is 6.88. The molecule has 0 unspecified atom stereocenters. The molecular formula is H2N2O8PtS. The van der Waals surface area contributed by atoms with Crippen LogP contribution in [0.1, 0.15) is 2.85 Å². The first kappa shape index (κ1) is 22.5. The normalized spacial score (nSPS) is 6.83. The summed E-state index contributed by atoms with van der Waals surface area (Å²) in [5.41, 5.74) is 0. The summed E-state index contributed by atoms with van der Waals surface area (Å²) in [6.45, 7) is 0. The average molecular weight is 385 g/mol. The fraction of sp³-hybridized carbons (Fsp3) is 0. The number of nitrogens with zero attached hydrogens (tertiary/aromatic N) is 2. The third-order valence-electron chi connectivity index (χ3n) is 0. The van der Waals surface area contributed by atoms with E-state index in [4.69, 9.17) is 37.8 Å². The van der Waals surface area contributed by atoms with Crippen molar-refractivity contribution >= 4 is 10.4 Å². The van der Waals surface area contributed by atoms with Crippen molar-refractivity contribution in [2.24, 2.45) is 10.7 Å². The number of hydrogen-bond donors (Lipinski definition) is 0. The Bertz CT molecular complexity index is 166. The van der Waals surface area contributed by atoms with E-state index in [1.54, 1.807) is 0 Å². The van der Waals surface area contributed by atoms with Crippen LogP contribution in [0.25, 0.3) is 0 Å². The Hall–Kier alpha value is -0.642. The van der Waals surface area contributed by atoms with Crippen LogP contribution in [0.4, 0.5) is 0 Å². The quantitative estimate of drug-likeness (QED) is 0.228. The second kappa shape index (κ2) is 16.8. The average Bonchev–Trinajstić information content (AvgIpc) is 1.62. The van der Waals surface area contributed by atoms with Gasteiger partial charge >= 0.3 is 23.9 Å². The Morgan fingerprint density at radius 3 is 1.00 bits per heavy atom. The summed E-state index contributed by atoms with van der Waals surface area (Å²) in [5, 5.41) is 18.0. The minimum Gasteiger partial charge on any atom is -0.759 e. The molecule has 0 aromatic carbocycles. The molecule has 76 valence electrons. The van der Waals surface area contributed by atoms with Gasteiger partial charge in [0.1, 0.15) is 0 Å². The largest absolute Gasteiger partial charge is 2.00 e. The van der Waals surface area contributed by atoms with Gasteiger partial charge in [-0.15, -0.1) is 10.7 Å². The summed E-state index contributed by atoms with van der Waals surface area (Å²) in [6.07, 6.45) is 0. The molecule has 0 N–H and O–H groups in total. The van der Waals surface area contributed by atoms with Gasteiger partial charge in [0, 0.05) is 10.4 Å². The Labute approximate surface area is 83.3 Å². The summed E-state index contributed by atoms with van der Waals surface area (Å²) >= 11 is 0. The molecular weight excluding hydrogens is 383 g/mol. The van der Waals surface area contributed by atoms with Crippen molar-refractivity contribution in [2.45, 2.75) is 0 Å². The van der Waals surface area contributed by atoms with E-state index in [2.05, 4.69) is 0 Å². The van der Waals surface area contributed by atoms with Crippen molar-refractivity contribution in [1.29, 1.82) is 0 Å². The van der Waals surface area contributed by atoms with E-state index in [0.29, 0.717) is 0 Å². The number of rotatable bonds is 0. The summed E-state index contributed by atoms with van der Waals surface area (Å²) < 4.78 is 34.1. The zero-order chi connectivity index (χ0) is 9.91. The van der Waals surface area contributed by atoms with E-state index in [9.17, 15) is 0 Å². The van der Waals surface area contributed by atoms with Gasteiger partial charge in [-0.1, -0.05) is 0 Å². The maximum Gasteiger partial charge on any atom is 2.00 e. The predicted molar refractivity (Wildman–Crippen MR) is 31.0 cm³/mol. The van der Waals surface area contributed by atoms with Gasteiger partial charge in [-0.2, -0.15) is 0 Å². The molecule has 0 fully saturated rings. The molecule has 0 aliphatic heterocycles. The molecule has 0 saturated heterocycles. The number of hydrogen-bond acceptors (Lipinski definition) is 10. The molecule has 0 aliphatic rings. The van der Waals surface area contributed by atoms with Gasteiger partial charge in [0.15, 0.2) is 0 Å². The van der Waals surface area contributed by atoms with Crippen LogP contribution >= 0.6 is 0 Å². The molecule has 0 aromatic heterocycles. The predicted octanol–water partition coefficient (Wildman–Crippen LogP) is -0.614. The maximum atomic E-state index is 8.52. The van der Waals surface area contributed by atoms with E-state index >= 15 is 0 Å². The third kappa shape index (κ3) is 1590. The molecule has 0 atom stereocenters. The topological polar surface area (TPSA) is 185 Å². The smallest absolute Gasteiger partial charge is 0.759 e. The Morgan fingerprint density at radius 2 is 1.00 bits per heavy atom. The molecule has 0 rings (SSSR count). The molecule has 0 aromatic rings. The molecule has 0 spiro atoms. The SMILES string of the molecule is O=N[O-].O=N[O-].O=S(=O)([O-])[O-].[H+].[H+].[Pt+2]. The summed E-state index contributed by atoms with van der Waals surface area (Å²) in [7, 11) is -5.17. The zero-order valence-corrected chi connectivity index (χ0v) is 7.97. The van der Waals surface area contributed by atoms with Crippen LogP contribution in [0.5, 0.6) is 0 Å². The van der Waals surface area contributed by atoms with E-state index in [1.807, 2.05) is 0 Å². The molecule has 0 bridgehead atoms. The molecule has 12 heteroatoms. The van der Waals surface area contributed by atoms with Crippen LogP contribution in [-0.2, 0) is 31.5 Å². The summed E-state index contributed by atoms with van der Waals surface area (Å²) in [5.74, 6) is 0. The van der Waals surface area contributed by atoms with Gasteiger partial charge in [-0.3, -0.25) is 8.42 Å². The van der Waals surface area contributed by atoms with E-state index in [0.717, 1.165) is 10.7 Å². The minimum atomic E-state index is -5.17. The first-order valence-corrected chi connectivity index (χ1v) is 2.73. The van der Waals surface area contributed by atoms with Crippen molar-refractivity contribution in [2.75, 3.05) is 0 Å². The van der Waals surface area contributed by atoms with Crippen LogP contribution in [-0.4, -0.2) is 17.5 Å². The van der Waals surface area contributed by atoms with Crippen LogP contribution in [0.15, 0.2) is 10.7 Å². The van der Waals surface area contributed by atoms with Gasteiger partial charge in [0.25, 0.3) is 0 Å². The third-order valence-corrected chi connectivity index (χ3v) is 0. The minimum absolute atomic E-state index is 0. The molecule has 0 saturated carbocycles. The van der Waals surface area contributed by atoms with Crippen molar-refractivity contribution < 1.29 is 41.4 Å². The maximum absolute atomic E-state index is 8.52.